The molecule has 2 rings (SSSR count). The van der Waals surface area contributed by atoms with Crippen LogP contribution in [-0.2, 0) is 16.0 Å². The average Bonchev–Trinajstić information content (AvgIpc) is 2.59. The Hall–Kier alpha value is -2.57. The minimum absolute atomic E-state index is 0. The van der Waals surface area contributed by atoms with Gasteiger partial charge in [0.25, 0.3) is 0 Å². The first-order valence-corrected chi connectivity index (χ1v) is 8.12. The number of nitrogens with one attached hydrogen (secondary N) is 2. The number of hydrogen-bond acceptors (Lipinski definition) is 4. The summed E-state index contributed by atoms with van der Waals surface area (Å²) in [4.78, 5) is 23.0. The van der Waals surface area contributed by atoms with Crippen molar-refractivity contribution in [2.24, 2.45) is 5.73 Å². The first kappa shape index (κ1) is 21.5. The van der Waals surface area contributed by atoms with Gasteiger partial charge in [0, 0.05) is 18.7 Å². The molecule has 140 valence electrons. The predicted molar refractivity (Wildman–Crippen MR) is 105 cm³/mol. The lowest BCUT2D eigenvalue weighted by atomic mass is 10.1. The van der Waals surface area contributed by atoms with Crippen molar-refractivity contribution in [2.45, 2.75) is 19.4 Å². The Morgan fingerprint density at radius 2 is 1.85 bits per heavy atom. The van der Waals surface area contributed by atoms with E-state index in [0.29, 0.717) is 31.0 Å². The van der Waals surface area contributed by atoms with Crippen LogP contribution in [0.2, 0.25) is 0 Å². The van der Waals surface area contributed by atoms with Gasteiger partial charge in [0.05, 0.1) is 12.6 Å². The summed E-state index contributed by atoms with van der Waals surface area (Å²) in [7, 11) is 0. The zero-order valence-electron chi connectivity index (χ0n) is 14.6. The molecular formula is C19H24ClN3O3. The number of carbonyl (C=O) groups excluding carboxylic acids is 2. The number of ether oxygens (including phenoxy) is 1. The topological polar surface area (TPSA) is 93.5 Å². The molecule has 0 spiro atoms. The maximum atomic E-state index is 12.0. The summed E-state index contributed by atoms with van der Waals surface area (Å²) in [5.41, 5.74) is 7.61. The largest absolute Gasteiger partial charge is 0.492 e. The van der Waals surface area contributed by atoms with Gasteiger partial charge in [-0.2, -0.15) is 0 Å². The van der Waals surface area contributed by atoms with Crippen LogP contribution in [0.5, 0.6) is 5.75 Å². The van der Waals surface area contributed by atoms with Gasteiger partial charge in [-0.15, -0.1) is 12.4 Å². The zero-order chi connectivity index (χ0) is 18.1. The molecule has 0 fully saturated rings. The van der Waals surface area contributed by atoms with Crippen LogP contribution in [0.25, 0.3) is 0 Å². The maximum Gasteiger partial charge on any atom is 0.237 e. The summed E-state index contributed by atoms with van der Waals surface area (Å²) < 4.78 is 5.57. The van der Waals surface area contributed by atoms with Gasteiger partial charge in [0.1, 0.15) is 12.4 Å². The molecule has 4 N–H and O–H groups in total. The number of hydrogen-bond donors (Lipinski definition) is 3. The van der Waals surface area contributed by atoms with Crippen molar-refractivity contribution >= 4 is 29.9 Å². The number of rotatable bonds is 8. The van der Waals surface area contributed by atoms with Gasteiger partial charge < -0.3 is 21.1 Å². The average molecular weight is 378 g/mol. The molecule has 0 unspecified atom stereocenters. The van der Waals surface area contributed by atoms with E-state index in [-0.39, 0.29) is 24.2 Å². The van der Waals surface area contributed by atoms with Gasteiger partial charge in [-0.1, -0.05) is 36.4 Å². The molecule has 0 radical (unpaired) electrons. The fourth-order valence-corrected chi connectivity index (χ4v) is 2.30. The molecule has 0 heterocycles. The van der Waals surface area contributed by atoms with E-state index in [1.54, 1.807) is 24.3 Å². The van der Waals surface area contributed by atoms with Crippen molar-refractivity contribution in [1.29, 1.82) is 0 Å². The van der Waals surface area contributed by atoms with Crippen molar-refractivity contribution in [3.63, 3.8) is 0 Å². The minimum atomic E-state index is -0.592. The summed E-state index contributed by atoms with van der Waals surface area (Å²) >= 11 is 0. The number of anilines is 1. The Bertz CT molecular complexity index is 710. The number of halogens is 1. The molecule has 6 nitrogen and oxygen atoms in total. The van der Waals surface area contributed by atoms with Gasteiger partial charge in [0.15, 0.2) is 0 Å². The van der Waals surface area contributed by atoms with Crippen LogP contribution in [-0.4, -0.2) is 31.0 Å². The summed E-state index contributed by atoms with van der Waals surface area (Å²) in [6, 6.07) is 16.1. The van der Waals surface area contributed by atoms with E-state index >= 15 is 0 Å². The second kappa shape index (κ2) is 11.1. The number of amides is 2. The van der Waals surface area contributed by atoms with Crippen LogP contribution in [0, 0.1) is 0 Å². The molecule has 0 aliphatic rings. The fraction of sp³-hybridized carbons (Fsp3) is 0.263. The van der Waals surface area contributed by atoms with E-state index in [1.165, 1.54) is 6.92 Å². The Morgan fingerprint density at radius 3 is 2.54 bits per heavy atom. The summed E-state index contributed by atoms with van der Waals surface area (Å²) in [5.74, 6) is 0.269. The Balaban J connectivity index is 0.00000338. The van der Waals surface area contributed by atoms with Gasteiger partial charge >= 0.3 is 0 Å². The van der Waals surface area contributed by atoms with E-state index < -0.39 is 6.04 Å². The van der Waals surface area contributed by atoms with Crippen LogP contribution in [0.3, 0.4) is 0 Å². The molecule has 2 amide bonds. The van der Waals surface area contributed by atoms with Crippen molar-refractivity contribution < 1.29 is 14.3 Å². The van der Waals surface area contributed by atoms with Gasteiger partial charge in [-0.05, 0) is 24.1 Å². The second-order valence-corrected chi connectivity index (χ2v) is 5.64. The molecule has 26 heavy (non-hydrogen) atoms. The highest BCUT2D eigenvalue weighted by atomic mass is 35.5. The molecule has 0 saturated carbocycles. The van der Waals surface area contributed by atoms with E-state index in [2.05, 4.69) is 10.6 Å². The minimum Gasteiger partial charge on any atom is -0.492 e. The first-order valence-electron chi connectivity index (χ1n) is 8.12. The van der Waals surface area contributed by atoms with Crippen LogP contribution in [0.15, 0.2) is 54.6 Å². The van der Waals surface area contributed by atoms with Crippen molar-refractivity contribution in [1.82, 2.24) is 5.32 Å². The molecule has 7 heteroatoms. The molecule has 2 aromatic rings. The smallest absolute Gasteiger partial charge is 0.237 e. The van der Waals surface area contributed by atoms with Gasteiger partial charge in [-0.3, -0.25) is 9.59 Å². The molecule has 0 saturated heterocycles. The molecule has 0 aliphatic carbocycles. The number of benzene rings is 2. The van der Waals surface area contributed by atoms with Crippen LogP contribution in [0.1, 0.15) is 12.5 Å². The summed E-state index contributed by atoms with van der Waals surface area (Å²) in [5, 5.41) is 5.45. The van der Waals surface area contributed by atoms with Crippen molar-refractivity contribution in [2.75, 3.05) is 18.5 Å². The van der Waals surface area contributed by atoms with E-state index in [9.17, 15) is 9.59 Å². The highest BCUT2D eigenvalue weighted by Crippen LogP contribution is 2.17. The standard InChI is InChI=1S/C19H23N3O3.ClH/c1-14(23)22-16-8-5-9-17(13-16)25-11-10-21-19(24)18(20)12-15-6-3-2-4-7-15;/h2-9,13,18H,10-12,20H2,1H3,(H,21,24)(H,22,23);1H/t18-;/m0./s1. The first-order chi connectivity index (χ1) is 12.0. The summed E-state index contributed by atoms with van der Waals surface area (Å²) in [6.45, 7) is 2.11. The lowest BCUT2D eigenvalue weighted by Gasteiger charge is -2.13. The van der Waals surface area contributed by atoms with Gasteiger partial charge in [0.2, 0.25) is 11.8 Å². The maximum absolute atomic E-state index is 12.0. The quantitative estimate of drug-likeness (QED) is 0.614. The third kappa shape index (κ3) is 7.55. The Labute approximate surface area is 159 Å². The Morgan fingerprint density at radius 1 is 1.12 bits per heavy atom. The molecule has 0 bridgehead atoms. The molecule has 1 atom stereocenters. The predicted octanol–water partition coefficient (Wildman–Crippen LogP) is 2.13. The number of nitrogens with two attached hydrogens (primary N) is 1. The monoisotopic (exact) mass is 377 g/mol. The third-order valence-corrected chi connectivity index (χ3v) is 3.46. The number of carbonyl (C=O) groups is 2. The van der Waals surface area contributed by atoms with E-state index in [4.69, 9.17) is 10.5 Å². The zero-order valence-corrected chi connectivity index (χ0v) is 15.4. The van der Waals surface area contributed by atoms with Crippen LogP contribution in [0.4, 0.5) is 5.69 Å². The molecular weight excluding hydrogens is 354 g/mol. The molecule has 0 aromatic heterocycles. The fourth-order valence-electron chi connectivity index (χ4n) is 2.30. The van der Waals surface area contributed by atoms with Crippen LogP contribution < -0.4 is 21.1 Å². The van der Waals surface area contributed by atoms with E-state index in [0.717, 1.165) is 5.56 Å². The lowest BCUT2D eigenvalue weighted by molar-refractivity contribution is -0.122. The third-order valence-electron chi connectivity index (χ3n) is 3.46. The summed E-state index contributed by atoms with van der Waals surface area (Å²) in [6.07, 6.45) is 0.492. The Kier molecular flexibility index (Phi) is 9.19. The normalized spacial score (nSPS) is 11.0. The van der Waals surface area contributed by atoms with Crippen LogP contribution >= 0.6 is 12.4 Å². The lowest BCUT2D eigenvalue weighted by Crippen LogP contribution is -2.43. The highest BCUT2D eigenvalue weighted by Gasteiger charge is 2.13. The van der Waals surface area contributed by atoms with Crippen molar-refractivity contribution in [3.05, 3.63) is 60.2 Å². The van der Waals surface area contributed by atoms with Crippen molar-refractivity contribution in [3.8, 4) is 5.75 Å². The second-order valence-electron chi connectivity index (χ2n) is 5.64. The van der Waals surface area contributed by atoms with E-state index in [1.807, 2.05) is 30.3 Å². The molecule has 2 aromatic carbocycles. The van der Waals surface area contributed by atoms with Gasteiger partial charge in [-0.25, -0.2) is 0 Å². The highest BCUT2D eigenvalue weighted by molar-refractivity contribution is 5.88. The molecule has 0 aliphatic heterocycles. The SMILES string of the molecule is CC(=O)Nc1cccc(OCCNC(=O)[C@@H](N)Cc2ccccc2)c1.Cl.